The Morgan fingerprint density at radius 2 is 1.88 bits per heavy atom. The van der Waals surface area contributed by atoms with E-state index in [1.165, 1.54) is 0 Å². The maximum absolute atomic E-state index is 11.9. The molecule has 1 heterocycles. The third-order valence-electron chi connectivity index (χ3n) is 4.25. The van der Waals surface area contributed by atoms with Gasteiger partial charge in [0.05, 0.1) is 18.2 Å². The van der Waals surface area contributed by atoms with Crippen LogP contribution < -0.4 is 10.1 Å². The zero-order valence-electron chi connectivity index (χ0n) is 14.6. The Bertz CT molecular complexity index is 718. The van der Waals surface area contributed by atoms with Crippen LogP contribution >= 0.6 is 11.6 Å². The molecule has 0 bridgehead atoms. The van der Waals surface area contributed by atoms with Crippen LogP contribution in [0.4, 0.5) is 0 Å². The second kappa shape index (κ2) is 9.57. The number of amides is 1. The van der Waals surface area contributed by atoms with Gasteiger partial charge in [0.15, 0.2) is 6.61 Å². The molecule has 0 saturated carbocycles. The Morgan fingerprint density at radius 3 is 2.62 bits per heavy atom. The van der Waals surface area contributed by atoms with E-state index in [0.717, 1.165) is 44.0 Å². The number of nitrogens with zero attached hydrogens (tertiary/aromatic N) is 1. The van der Waals surface area contributed by atoms with E-state index < -0.39 is 0 Å². The quantitative estimate of drug-likeness (QED) is 0.809. The maximum atomic E-state index is 11.9. The molecular weight excluding hydrogens is 352 g/mol. The van der Waals surface area contributed by atoms with Crippen LogP contribution in [0, 0.1) is 0 Å². The van der Waals surface area contributed by atoms with E-state index in [4.69, 9.17) is 21.1 Å². The zero-order valence-corrected chi connectivity index (χ0v) is 15.4. The van der Waals surface area contributed by atoms with Gasteiger partial charge < -0.3 is 14.8 Å². The highest BCUT2D eigenvalue weighted by atomic mass is 35.5. The molecule has 0 atom stereocenters. The van der Waals surface area contributed by atoms with Crippen LogP contribution in [0.1, 0.15) is 0 Å². The van der Waals surface area contributed by atoms with Gasteiger partial charge in [-0.05, 0) is 23.3 Å². The number of morpholine rings is 1. The molecule has 2 aromatic carbocycles. The maximum Gasteiger partial charge on any atom is 0.257 e. The van der Waals surface area contributed by atoms with Crippen molar-refractivity contribution in [1.82, 2.24) is 10.2 Å². The van der Waals surface area contributed by atoms with Crippen LogP contribution in [0.15, 0.2) is 48.5 Å². The van der Waals surface area contributed by atoms with E-state index in [0.29, 0.717) is 17.3 Å². The van der Waals surface area contributed by atoms with Crippen molar-refractivity contribution < 1.29 is 14.3 Å². The predicted octanol–water partition coefficient (Wildman–Crippen LogP) is 2.83. The van der Waals surface area contributed by atoms with E-state index in [-0.39, 0.29) is 12.5 Å². The van der Waals surface area contributed by atoms with Gasteiger partial charge in [-0.3, -0.25) is 9.69 Å². The highest BCUT2D eigenvalue weighted by molar-refractivity contribution is 6.32. The Balaban J connectivity index is 1.44. The Hall–Kier alpha value is -2.08. The van der Waals surface area contributed by atoms with E-state index in [1.807, 2.05) is 42.5 Å². The second-order valence-corrected chi connectivity index (χ2v) is 6.51. The molecular formula is C20H23ClN2O3. The lowest BCUT2D eigenvalue weighted by Crippen LogP contribution is -2.42. The lowest BCUT2D eigenvalue weighted by Gasteiger charge is -2.26. The molecule has 1 N–H and O–H groups in total. The van der Waals surface area contributed by atoms with Crippen LogP contribution in [0.3, 0.4) is 0 Å². The molecule has 6 heteroatoms. The van der Waals surface area contributed by atoms with Crippen LogP contribution in [0.2, 0.25) is 5.02 Å². The molecule has 5 nitrogen and oxygen atoms in total. The largest absolute Gasteiger partial charge is 0.482 e. The van der Waals surface area contributed by atoms with Gasteiger partial charge in [-0.15, -0.1) is 0 Å². The lowest BCUT2D eigenvalue weighted by molar-refractivity contribution is -0.123. The summed E-state index contributed by atoms with van der Waals surface area (Å²) in [6.45, 7) is 4.71. The number of nitrogens with one attached hydrogen (secondary N) is 1. The summed E-state index contributed by atoms with van der Waals surface area (Å²) in [4.78, 5) is 14.2. The Labute approximate surface area is 158 Å². The molecule has 26 heavy (non-hydrogen) atoms. The minimum Gasteiger partial charge on any atom is -0.482 e. The second-order valence-electron chi connectivity index (χ2n) is 6.10. The summed E-state index contributed by atoms with van der Waals surface area (Å²) in [5.41, 5.74) is 2.10. The van der Waals surface area contributed by atoms with Gasteiger partial charge in [-0.25, -0.2) is 0 Å². The number of rotatable bonds is 7. The molecule has 0 radical (unpaired) electrons. The first-order chi connectivity index (χ1) is 12.7. The van der Waals surface area contributed by atoms with Crippen molar-refractivity contribution in [3.63, 3.8) is 0 Å². The van der Waals surface area contributed by atoms with Crippen molar-refractivity contribution in [2.45, 2.75) is 0 Å². The van der Waals surface area contributed by atoms with E-state index in [9.17, 15) is 4.79 Å². The van der Waals surface area contributed by atoms with Crippen LogP contribution in [-0.4, -0.2) is 56.8 Å². The molecule has 1 amide bonds. The standard InChI is InChI=1S/C20H23ClN2O3/c21-18-14-17(16-4-2-1-3-5-16)6-7-19(18)26-15-20(24)22-8-9-23-10-12-25-13-11-23/h1-7,14H,8-13,15H2,(H,22,24). The molecule has 138 valence electrons. The fourth-order valence-electron chi connectivity index (χ4n) is 2.80. The first-order valence-corrected chi connectivity index (χ1v) is 9.15. The molecule has 0 unspecified atom stereocenters. The van der Waals surface area contributed by atoms with Crippen molar-refractivity contribution in [3.05, 3.63) is 53.6 Å². The first-order valence-electron chi connectivity index (χ1n) is 8.77. The monoisotopic (exact) mass is 374 g/mol. The summed E-state index contributed by atoms with van der Waals surface area (Å²) in [5.74, 6) is 0.358. The normalized spacial score (nSPS) is 14.8. The summed E-state index contributed by atoms with van der Waals surface area (Å²) in [7, 11) is 0. The van der Waals surface area contributed by atoms with E-state index in [1.54, 1.807) is 6.07 Å². The average Bonchev–Trinajstić information content (AvgIpc) is 2.68. The minimum atomic E-state index is -0.151. The minimum absolute atomic E-state index is 0.0481. The third-order valence-corrected chi connectivity index (χ3v) is 4.55. The summed E-state index contributed by atoms with van der Waals surface area (Å²) in [5, 5.41) is 3.36. The van der Waals surface area contributed by atoms with E-state index in [2.05, 4.69) is 10.2 Å². The summed E-state index contributed by atoms with van der Waals surface area (Å²) >= 11 is 6.29. The Morgan fingerprint density at radius 1 is 1.12 bits per heavy atom. The summed E-state index contributed by atoms with van der Waals surface area (Å²) in [6.07, 6.45) is 0. The van der Waals surface area contributed by atoms with Gasteiger partial charge in [0.2, 0.25) is 0 Å². The zero-order chi connectivity index (χ0) is 18.2. The highest BCUT2D eigenvalue weighted by Crippen LogP contribution is 2.30. The number of hydrogen-bond acceptors (Lipinski definition) is 4. The van der Waals surface area contributed by atoms with Crippen molar-refractivity contribution in [3.8, 4) is 16.9 Å². The number of carbonyl (C=O) groups is 1. The number of ether oxygens (including phenoxy) is 2. The fourth-order valence-corrected chi connectivity index (χ4v) is 3.04. The molecule has 0 aromatic heterocycles. The molecule has 1 saturated heterocycles. The molecule has 0 aliphatic carbocycles. The van der Waals surface area contributed by atoms with E-state index >= 15 is 0 Å². The lowest BCUT2D eigenvalue weighted by atomic mass is 10.1. The van der Waals surface area contributed by atoms with Gasteiger partial charge in [0.25, 0.3) is 5.91 Å². The molecule has 2 aromatic rings. The number of carbonyl (C=O) groups excluding carboxylic acids is 1. The van der Waals surface area contributed by atoms with Crippen molar-refractivity contribution in [1.29, 1.82) is 0 Å². The van der Waals surface area contributed by atoms with Crippen molar-refractivity contribution >= 4 is 17.5 Å². The molecule has 1 aliphatic rings. The van der Waals surface area contributed by atoms with Gasteiger partial charge in [-0.2, -0.15) is 0 Å². The summed E-state index contributed by atoms with van der Waals surface area (Å²) in [6, 6.07) is 15.6. The smallest absolute Gasteiger partial charge is 0.257 e. The first kappa shape index (κ1) is 18.7. The van der Waals surface area contributed by atoms with Crippen molar-refractivity contribution in [2.75, 3.05) is 46.0 Å². The molecule has 1 aliphatic heterocycles. The predicted molar refractivity (Wildman–Crippen MR) is 103 cm³/mol. The van der Waals surface area contributed by atoms with Gasteiger partial charge in [0, 0.05) is 26.2 Å². The number of hydrogen-bond donors (Lipinski definition) is 1. The average molecular weight is 375 g/mol. The molecule has 3 rings (SSSR count). The third kappa shape index (κ3) is 5.46. The number of halogens is 1. The van der Waals surface area contributed by atoms with Crippen LogP contribution in [0.5, 0.6) is 5.75 Å². The fraction of sp³-hybridized carbons (Fsp3) is 0.350. The molecule has 0 spiro atoms. The summed E-state index contributed by atoms with van der Waals surface area (Å²) < 4.78 is 10.9. The Kier molecular flexibility index (Phi) is 6.89. The van der Waals surface area contributed by atoms with Gasteiger partial charge in [-0.1, -0.05) is 48.0 Å². The van der Waals surface area contributed by atoms with Crippen molar-refractivity contribution in [2.24, 2.45) is 0 Å². The van der Waals surface area contributed by atoms with Gasteiger partial charge in [0.1, 0.15) is 5.75 Å². The van der Waals surface area contributed by atoms with Crippen LogP contribution in [-0.2, 0) is 9.53 Å². The molecule has 1 fully saturated rings. The van der Waals surface area contributed by atoms with Crippen LogP contribution in [0.25, 0.3) is 11.1 Å². The number of benzene rings is 2. The topological polar surface area (TPSA) is 50.8 Å². The van der Waals surface area contributed by atoms with Gasteiger partial charge >= 0.3 is 0 Å². The highest BCUT2D eigenvalue weighted by Gasteiger charge is 2.11. The SMILES string of the molecule is O=C(COc1ccc(-c2ccccc2)cc1Cl)NCCN1CCOCC1.